The maximum Gasteiger partial charge on any atom is 0.322 e. The van der Waals surface area contributed by atoms with E-state index in [1.54, 1.807) is 9.58 Å². The van der Waals surface area contributed by atoms with Crippen molar-refractivity contribution in [1.82, 2.24) is 25.1 Å². The molecule has 0 fully saturated rings. The average molecular weight is 392 g/mol. The van der Waals surface area contributed by atoms with Gasteiger partial charge >= 0.3 is 6.03 Å². The third kappa shape index (κ3) is 3.58. The molecule has 0 saturated carbocycles. The van der Waals surface area contributed by atoms with E-state index in [-0.39, 0.29) is 24.7 Å². The van der Waals surface area contributed by atoms with Gasteiger partial charge in [-0.25, -0.2) is 9.48 Å². The lowest BCUT2D eigenvalue weighted by atomic mass is 9.93. The van der Waals surface area contributed by atoms with Crippen LogP contribution in [0.25, 0.3) is 11.4 Å². The Labute approximate surface area is 169 Å². The van der Waals surface area contributed by atoms with E-state index in [9.17, 15) is 9.90 Å². The highest BCUT2D eigenvalue weighted by Crippen LogP contribution is 2.31. The molecule has 1 aliphatic rings. The number of carbonyl (C=O) groups is 1. The molecule has 0 aliphatic carbocycles. The Morgan fingerprint density at radius 3 is 2.76 bits per heavy atom. The van der Waals surface area contributed by atoms with Gasteiger partial charge in [0.1, 0.15) is 0 Å². The number of urea groups is 1. The summed E-state index contributed by atoms with van der Waals surface area (Å²) in [6, 6.07) is 14.9. The molecule has 2 amide bonds. The summed E-state index contributed by atoms with van der Waals surface area (Å²) in [4.78, 5) is 14.8. The highest BCUT2D eigenvalue weighted by atomic mass is 16.3. The topological polar surface area (TPSA) is 96.2 Å². The summed E-state index contributed by atoms with van der Waals surface area (Å²) >= 11 is 0. The molecule has 8 heteroatoms. The Kier molecular flexibility index (Phi) is 5.26. The molecule has 1 aromatic heterocycles. The minimum Gasteiger partial charge on any atom is -0.394 e. The van der Waals surface area contributed by atoms with Crippen LogP contribution in [0.3, 0.4) is 0 Å². The van der Waals surface area contributed by atoms with Gasteiger partial charge in [-0.1, -0.05) is 36.4 Å². The molecule has 1 unspecified atom stereocenters. The molecule has 29 heavy (non-hydrogen) atoms. The lowest BCUT2D eigenvalue weighted by Crippen LogP contribution is -2.43. The van der Waals surface area contributed by atoms with Crippen molar-refractivity contribution >= 4 is 11.7 Å². The van der Waals surface area contributed by atoms with Crippen molar-refractivity contribution < 1.29 is 9.90 Å². The third-order valence-corrected chi connectivity index (χ3v) is 5.24. The van der Waals surface area contributed by atoms with Gasteiger partial charge in [0, 0.05) is 12.1 Å². The number of anilines is 1. The highest BCUT2D eigenvalue weighted by Gasteiger charge is 2.30. The number of hydrogen-bond acceptors (Lipinski definition) is 5. The van der Waals surface area contributed by atoms with Crippen molar-refractivity contribution in [2.45, 2.75) is 32.4 Å². The van der Waals surface area contributed by atoms with Gasteiger partial charge in [-0.3, -0.25) is 0 Å². The number of hydrogen-bond donors (Lipinski definition) is 2. The Balaban J connectivity index is 1.62. The second-order valence-corrected chi connectivity index (χ2v) is 7.36. The molecule has 1 atom stereocenters. The van der Waals surface area contributed by atoms with Gasteiger partial charge in [0.2, 0.25) is 0 Å². The minimum absolute atomic E-state index is 0.0844. The van der Waals surface area contributed by atoms with Crippen molar-refractivity contribution in [3.05, 3.63) is 59.7 Å². The van der Waals surface area contributed by atoms with E-state index >= 15 is 0 Å². The molecular formula is C21H24N6O2. The number of fused-ring (bicyclic) bond motifs is 1. The number of benzene rings is 2. The van der Waals surface area contributed by atoms with E-state index in [2.05, 4.69) is 20.8 Å². The van der Waals surface area contributed by atoms with Crippen LogP contribution >= 0.6 is 0 Å². The van der Waals surface area contributed by atoms with Crippen LogP contribution < -0.4 is 5.32 Å². The second-order valence-electron chi connectivity index (χ2n) is 7.36. The van der Waals surface area contributed by atoms with Crippen LogP contribution in [0.5, 0.6) is 0 Å². The summed E-state index contributed by atoms with van der Waals surface area (Å²) in [5, 5.41) is 25.0. The number of nitrogens with zero attached hydrogens (tertiary/aromatic N) is 5. The fourth-order valence-corrected chi connectivity index (χ4v) is 3.78. The van der Waals surface area contributed by atoms with E-state index < -0.39 is 0 Å². The van der Waals surface area contributed by atoms with Crippen LogP contribution in [0.1, 0.15) is 37.1 Å². The number of para-hydroxylation sites is 1. The van der Waals surface area contributed by atoms with Gasteiger partial charge in [-0.2, -0.15) is 0 Å². The van der Waals surface area contributed by atoms with Gasteiger partial charge in [0.05, 0.1) is 24.4 Å². The first-order valence-corrected chi connectivity index (χ1v) is 9.73. The van der Waals surface area contributed by atoms with E-state index in [0.717, 1.165) is 17.5 Å². The van der Waals surface area contributed by atoms with E-state index in [4.69, 9.17) is 0 Å². The molecule has 0 radical (unpaired) electrons. The van der Waals surface area contributed by atoms with E-state index in [0.29, 0.717) is 18.1 Å². The predicted molar refractivity (Wildman–Crippen MR) is 109 cm³/mol. The largest absolute Gasteiger partial charge is 0.394 e. The van der Waals surface area contributed by atoms with Crippen LogP contribution in [0.2, 0.25) is 0 Å². The zero-order chi connectivity index (χ0) is 20.4. The van der Waals surface area contributed by atoms with Crippen molar-refractivity contribution in [3.8, 4) is 11.4 Å². The summed E-state index contributed by atoms with van der Waals surface area (Å²) in [7, 11) is 0. The molecule has 1 aliphatic heterocycles. The van der Waals surface area contributed by atoms with Crippen molar-refractivity contribution in [2.75, 3.05) is 18.5 Å². The van der Waals surface area contributed by atoms with E-state index in [1.807, 2.05) is 62.4 Å². The van der Waals surface area contributed by atoms with Crippen molar-refractivity contribution in [2.24, 2.45) is 0 Å². The molecule has 2 N–H and O–H groups in total. The third-order valence-electron chi connectivity index (χ3n) is 5.24. The zero-order valence-electron chi connectivity index (χ0n) is 16.5. The lowest BCUT2D eigenvalue weighted by Gasteiger charge is -2.36. The highest BCUT2D eigenvalue weighted by molar-refractivity contribution is 5.94. The molecule has 3 aromatic rings. The Morgan fingerprint density at radius 2 is 1.97 bits per heavy atom. The van der Waals surface area contributed by atoms with Crippen molar-refractivity contribution in [3.63, 3.8) is 0 Å². The Bertz CT molecular complexity index is 1020. The number of carbonyl (C=O) groups excluding carboxylic acids is 1. The molecule has 0 spiro atoms. The summed E-state index contributed by atoms with van der Waals surface area (Å²) in [5.74, 6) is 0.596. The Hall–Kier alpha value is -3.26. The molecule has 4 rings (SSSR count). The SMILES string of the molecule is CC(C)n1nnnc1-c1ccccc1NC(=O)N1CCc2ccccc2C1CO. The maximum atomic E-state index is 13.1. The van der Waals surface area contributed by atoms with Crippen LogP contribution in [0.15, 0.2) is 48.5 Å². The average Bonchev–Trinajstić information content (AvgIpc) is 3.23. The van der Waals surface area contributed by atoms with Gasteiger partial charge < -0.3 is 15.3 Å². The molecular weight excluding hydrogens is 368 g/mol. The number of amides is 2. The number of aliphatic hydroxyl groups excluding tert-OH is 1. The normalized spacial score (nSPS) is 16.0. The van der Waals surface area contributed by atoms with Gasteiger partial charge in [0.25, 0.3) is 0 Å². The number of aromatic nitrogens is 4. The van der Waals surface area contributed by atoms with Crippen LogP contribution in [0, 0.1) is 0 Å². The summed E-state index contributed by atoms with van der Waals surface area (Å²) < 4.78 is 1.72. The van der Waals surface area contributed by atoms with E-state index in [1.165, 1.54) is 5.56 Å². The second kappa shape index (κ2) is 8.00. The molecule has 0 saturated heterocycles. The van der Waals surface area contributed by atoms with Gasteiger partial charge in [-0.15, -0.1) is 5.10 Å². The predicted octanol–water partition coefficient (Wildman–Crippen LogP) is 3.04. The molecule has 2 aromatic carbocycles. The number of tetrazole rings is 1. The van der Waals surface area contributed by atoms with Gasteiger partial charge in [0.15, 0.2) is 5.82 Å². The molecule has 8 nitrogen and oxygen atoms in total. The maximum absolute atomic E-state index is 13.1. The first-order chi connectivity index (χ1) is 14.1. The first-order valence-electron chi connectivity index (χ1n) is 9.73. The minimum atomic E-state index is -0.368. The van der Waals surface area contributed by atoms with Crippen LogP contribution in [-0.2, 0) is 6.42 Å². The fourth-order valence-electron chi connectivity index (χ4n) is 3.78. The monoisotopic (exact) mass is 392 g/mol. The van der Waals surface area contributed by atoms with Crippen molar-refractivity contribution in [1.29, 1.82) is 0 Å². The number of nitrogens with one attached hydrogen (secondary N) is 1. The summed E-state index contributed by atoms with van der Waals surface area (Å²) in [6.45, 7) is 4.41. The molecule has 0 bridgehead atoms. The van der Waals surface area contributed by atoms with Crippen LogP contribution in [-0.4, -0.2) is 49.4 Å². The molecule has 2 heterocycles. The zero-order valence-corrected chi connectivity index (χ0v) is 16.5. The standard InChI is InChI=1S/C21H24N6O2/c1-14(2)27-20(23-24-25-27)17-9-5-6-10-18(17)22-21(29)26-12-11-15-7-3-4-8-16(15)19(26)13-28/h3-10,14,19,28H,11-13H2,1-2H3,(H,22,29). The first kappa shape index (κ1) is 19.1. The summed E-state index contributed by atoms with van der Waals surface area (Å²) in [5.41, 5.74) is 3.54. The summed E-state index contributed by atoms with van der Waals surface area (Å²) in [6.07, 6.45) is 0.757. The quantitative estimate of drug-likeness (QED) is 0.711. The molecule has 150 valence electrons. The lowest BCUT2D eigenvalue weighted by molar-refractivity contribution is 0.135. The smallest absolute Gasteiger partial charge is 0.322 e. The number of rotatable bonds is 4. The fraction of sp³-hybridized carbons (Fsp3) is 0.333. The van der Waals surface area contributed by atoms with Gasteiger partial charge in [-0.05, 0) is 54.0 Å². The number of aliphatic hydroxyl groups is 1. The Morgan fingerprint density at radius 1 is 1.21 bits per heavy atom. The van der Waals surface area contributed by atoms with Crippen LogP contribution in [0.4, 0.5) is 10.5 Å².